The van der Waals surface area contributed by atoms with Crippen LogP contribution in [0, 0.1) is 6.92 Å². The highest BCUT2D eigenvalue weighted by Gasteiger charge is 2.21. The number of aryl methyl sites for hydroxylation is 1. The van der Waals surface area contributed by atoms with Crippen molar-refractivity contribution in [2.75, 3.05) is 11.4 Å². The minimum Gasteiger partial charge on any atom is -0.269 e. The van der Waals surface area contributed by atoms with E-state index in [0.717, 1.165) is 5.56 Å². The van der Waals surface area contributed by atoms with E-state index >= 15 is 0 Å². The first-order valence-corrected chi connectivity index (χ1v) is 7.40. The molecule has 19 heavy (non-hydrogen) atoms. The quantitative estimate of drug-likeness (QED) is 0.818. The summed E-state index contributed by atoms with van der Waals surface area (Å²) in [4.78, 5) is 3.90. The fourth-order valence-electron chi connectivity index (χ4n) is 1.60. The van der Waals surface area contributed by atoms with Crippen molar-refractivity contribution >= 4 is 27.3 Å². The summed E-state index contributed by atoms with van der Waals surface area (Å²) in [5.74, 6) is 0. The molecule has 1 aromatic heterocycles. The Balaban J connectivity index is 2.42. The maximum absolute atomic E-state index is 12.4. The van der Waals surface area contributed by atoms with Gasteiger partial charge in [-0.1, -0.05) is 29.3 Å². The summed E-state index contributed by atoms with van der Waals surface area (Å²) in [5.41, 5.74) is 1.67. The maximum atomic E-state index is 12.4. The van der Waals surface area contributed by atoms with E-state index in [2.05, 4.69) is 4.98 Å². The Morgan fingerprint density at radius 2 is 1.79 bits per heavy atom. The molecule has 0 unspecified atom stereocenters. The van der Waals surface area contributed by atoms with Gasteiger partial charge in [0, 0.05) is 13.2 Å². The van der Waals surface area contributed by atoms with Crippen LogP contribution in [0.15, 0.2) is 47.5 Å². The first-order chi connectivity index (χ1) is 8.91. The minimum atomic E-state index is -3.62. The van der Waals surface area contributed by atoms with Crippen LogP contribution < -0.4 is 4.31 Å². The van der Waals surface area contributed by atoms with Gasteiger partial charge in [-0.3, -0.25) is 4.31 Å². The Labute approximate surface area is 117 Å². The van der Waals surface area contributed by atoms with Crippen LogP contribution in [0.5, 0.6) is 0 Å². The second kappa shape index (κ2) is 5.19. The maximum Gasteiger partial charge on any atom is 0.264 e. The van der Waals surface area contributed by atoms with Crippen LogP contribution in [-0.2, 0) is 10.0 Å². The molecule has 0 amide bonds. The van der Waals surface area contributed by atoms with Gasteiger partial charge in [0.25, 0.3) is 10.0 Å². The molecule has 1 aromatic carbocycles. The zero-order valence-electron chi connectivity index (χ0n) is 10.5. The molecule has 0 spiro atoms. The normalized spacial score (nSPS) is 11.3. The first-order valence-electron chi connectivity index (χ1n) is 5.58. The van der Waals surface area contributed by atoms with Gasteiger partial charge in [0.2, 0.25) is 0 Å². The van der Waals surface area contributed by atoms with Crippen molar-refractivity contribution < 1.29 is 8.42 Å². The minimum absolute atomic E-state index is 0.121. The lowest BCUT2D eigenvalue weighted by Crippen LogP contribution is -2.26. The van der Waals surface area contributed by atoms with Crippen molar-refractivity contribution in [3.63, 3.8) is 0 Å². The third-order valence-electron chi connectivity index (χ3n) is 2.75. The number of benzene rings is 1. The predicted octanol–water partition coefficient (Wildman–Crippen LogP) is 2.87. The molecule has 1 heterocycles. The van der Waals surface area contributed by atoms with Crippen LogP contribution in [0.3, 0.4) is 0 Å². The summed E-state index contributed by atoms with van der Waals surface area (Å²) < 4.78 is 26.0. The van der Waals surface area contributed by atoms with E-state index in [1.807, 2.05) is 19.1 Å². The average Bonchev–Trinajstić information content (AvgIpc) is 2.39. The van der Waals surface area contributed by atoms with Gasteiger partial charge in [0.05, 0.1) is 10.6 Å². The zero-order chi connectivity index (χ0) is 14.0. The molecule has 0 aliphatic carbocycles. The number of sulfonamides is 1. The van der Waals surface area contributed by atoms with Crippen molar-refractivity contribution in [3.05, 3.63) is 53.3 Å². The fraction of sp³-hybridized carbons (Fsp3) is 0.154. The summed E-state index contributed by atoms with van der Waals surface area (Å²) in [6.45, 7) is 1.95. The molecule has 0 fully saturated rings. The number of anilines is 1. The van der Waals surface area contributed by atoms with E-state index in [1.165, 1.54) is 29.7 Å². The third kappa shape index (κ3) is 2.88. The van der Waals surface area contributed by atoms with E-state index in [9.17, 15) is 8.42 Å². The molecule has 100 valence electrons. The van der Waals surface area contributed by atoms with Gasteiger partial charge in [0.15, 0.2) is 0 Å². The van der Waals surface area contributed by atoms with Crippen LogP contribution in [-0.4, -0.2) is 20.4 Å². The van der Waals surface area contributed by atoms with Crippen molar-refractivity contribution in [1.82, 2.24) is 4.98 Å². The molecule has 2 rings (SSSR count). The molecule has 0 N–H and O–H groups in total. The summed E-state index contributed by atoms with van der Waals surface area (Å²) in [6.07, 6.45) is 1.37. The molecule has 0 saturated heterocycles. The molecule has 6 heteroatoms. The summed E-state index contributed by atoms with van der Waals surface area (Å²) >= 11 is 5.73. The molecule has 0 aliphatic heterocycles. The monoisotopic (exact) mass is 296 g/mol. The molecule has 0 atom stereocenters. The molecule has 0 saturated carbocycles. The topological polar surface area (TPSA) is 50.3 Å². The summed E-state index contributed by atoms with van der Waals surface area (Å²) in [5, 5.41) is 0.151. The van der Waals surface area contributed by atoms with Gasteiger partial charge in [-0.25, -0.2) is 13.4 Å². The number of rotatable bonds is 3. The smallest absolute Gasteiger partial charge is 0.264 e. The van der Waals surface area contributed by atoms with Crippen LogP contribution >= 0.6 is 11.6 Å². The van der Waals surface area contributed by atoms with Gasteiger partial charge in [-0.05, 0) is 31.2 Å². The van der Waals surface area contributed by atoms with E-state index in [0.29, 0.717) is 5.69 Å². The largest absolute Gasteiger partial charge is 0.269 e. The van der Waals surface area contributed by atoms with Crippen molar-refractivity contribution in [2.45, 2.75) is 11.8 Å². The molecule has 4 nitrogen and oxygen atoms in total. The number of halogens is 1. The van der Waals surface area contributed by atoms with Crippen molar-refractivity contribution in [1.29, 1.82) is 0 Å². The molecular weight excluding hydrogens is 284 g/mol. The Kier molecular flexibility index (Phi) is 3.78. The van der Waals surface area contributed by atoms with Gasteiger partial charge < -0.3 is 0 Å². The average molecular weight is 297 g/mol. The number of pyridine rings is 1. The molecular formula is C13H13ClN2O2S. The molecule has 2 aromatic rings. The van der Waals surface area contributed by atoms with Gasteiger partial charge in [-0.2, -0.15) is 0 Å². The fourth-order valence-corrected chi connectivity index (χ4v) is 3.04. The van der Waals surface area contributed by atoms with E-state index < -0.39 is 10.0 Å². The van der Waals surface area contributed by atoms with Crippen LogP contribution in [0.2, 0.25) is 5.15 Å². The predicted molar refractivity (Wildman–Crippen MR) is 76.0 cm³/mol. The second-order valence-corrected chi connectivity index (χ2v) is 6.48. The molecule has 0 radical (unpaired) electrons. The van der Waals surface area contributed by atoms with Crippen LogP contribution in [0.25, 0.3) is 0 Å². The summed E-state index contributed by atoms with van der Waals surface area (Å²) in [7, 11) is -2.11. The van der Waals surface area contributed by atoms with E-state index in [1.54, 1.807) is 12.1 Å². The zero-order valence-corrected chi connectivity index (χ0v) is 12.1. The highest BCUT2D eigenvalue weighted by molar-refractivity contribution is 7.92. The molecule has 0 aliphatic rings. The van der Waals surface area contributed by atoms with Crippen LogP contribution in [0.4, 0.5) is 5.69 Å². The molecule has 0 bridgehead atoms. The Morgan fingerprint density at radius 1 is 1.16 bits per heavy atom. The summed E-state index contributed by atoms with van der Waals surface area (Å²) in [6, 6.07) is 10.0. The highest BCUT2D eigenvalue weighted by Crippen LogP contribution is 2.23. The highest BCUT2D eigenvalue weighted by atomic mass is 35.5. The first kappa shape index (κ1) is 13.8. The lowest BCUT2D eigenvalue weighted by atomic mass is 10.2. The Bertz CT molecular complexity index is 684. The number of hydrogen-bond acceptors (Lipinski definition) is 3. The van der Waals surface area contributed by atoms with Crippen molar-refractivity contribution in [2.24, 2.45) is 0 Å². The lowest BCUT2D eigenvalue weighted by Gasteiger charge is -2.19. The van der Waals surface area contributed by atoms with Crippen LogP contribution in [0.1, 0.15) is 5.56 Å². The number of nitrogens with zero attached hydrogens (tertiary/aromatic N) is 2. The second-order valence-electron chi connectivity index (χ2n) is 4.12. The Morgan fingerprint density at radius 3 is 2.37 bits per heavy atom. The van der Waals surface area contributed by atoms with Crippen molar-refractivity contribution in [3.8, 4) is 0 Å². The van der Waals surface area contributed by atoms with E-state index in [4.69, 9.17) is 11.6 Å². The van der Waals surface area contributed by atoms with Gasteiger partial charge >= 0.3 is 0 Å². The third-order valence-corrected chi connectivity index (χ3v) is 4.74. The van der Waals surface area contributed by atoms with E-state index in [-0.39, 0.29) is 10.0 Å². The Hall–Kier alpha value is -1.59. The number of aromatic nitrogens is 1. The van der Waals surface area contributed by atoms with Gasteiger partial charge in [0.1, 0.15) is 5.15 Å². The standard InChI is InChI=1S/C13H13ClN2O2S/c1-10-3-5-11(6-4-10)16(2)19(17,18)12-7-8-15-13(14)9-12/h3-9H,1-2H3. The number of hydrogen-bond donors (Lipinski definition) is 0. The lowest BCUT2D eigenvalue weighted by molar-refractivity contribution is 0.594. The SMILES string of the molecule is Cc1ccc(N(C)S(=O)(=O)c2ccnc(Cl)c2)cc1. The van der Waals surface area contributed by atoms with Gasteiger partial charge in [-0.15, -0.1) is 0 Å².